The Labute approximate surface area is 194 Å². The number of benzene rings is 1. The first-order valence-corrected chi connectivity index (χ1v) is 11.0. The van der Waals surface area contributed by atoms with E-state index in [0.717, 1.165) is 35.3 Å². The van der Waals surface area contributed by atoms with Crippen molar-refractivity contribution in [3.05, 3.63) is 81.7 Å². The smallest absolute Gasteiger partial charge is 0.251 e. The lowest BCUT2D eigenvalue weighted by molar-refractivity contribution is 0.122. The predicted molar refractivity (Wildman–Crippen MR) is 127 cm³/mol. The van der Waals surface area contributed by atoms with Crippen molar-refractivity contribution >= 4 is 41.1 Å². The molecule has 5 rings (SSSR count). The van der Waals surface area contributed by atoms with Crippen LogP contribution in [0.5, 0.6) is 0 Å². The summed E-state index contributed by atoms with van der Waals surface area (Å²) in [4.78, 5) is 19.6. The van der Waals surface area contributed by atoms with E-state index < -0.39 is 5.82 Å². The van der Waals surface area contributed by atoms with Crippen molar-refractivity contribution < 1.29 is 9.13 Å². The van der Waals surface area contributed by atoms with Crippen molar-refractivity contribution in [1.82, 2.24) is 13.5 Å². The number of pyridine rings is 2. The molecule has 4 aromatic rings. The van der Waals surface area contributed by atoms with E-state index in [-0.39, 0.29) is 12.1 Å². The van der Waals surface area contributed by atoms with E-state index in [2.05, 4.69) is 28.8 Å². The fourth-order valence-corrected chi connectivity index (χ4v) is 4.43. The van der Waals surface area contributed by atoms with Gasteiger partial charge in [-0.15, -0.1) is 0 Å². The van der Waals surface area contributed by atoms with E-state index in [1.54, 1.807) is 16.2 Å². The van der Waals surface area contributed by atoms with E-state index in [1.165, 1.54) is 22.8 Å². The molecule has 1 aliphatic rings. The number of anilines is 1. The van der Waals surface area contributed by atoms with Gasteiger partial charge in [-0.25, -0.2) is 9.37 Å². The van der Waals surface area contributed by atoms with Gasteiger partial charge >= 0.3 is 0 Å². The van der Waals surface area contributed by atoms with Crippen LogP contribution in [-0.2, 0) is 11.3 Å². The van der Waals surface area contributed by atoms with Crippen LogP contribution < -0.4 is 10.5 Å². The highest BCUT2D eigenvalue weighted by molar-refractivity contribution is 7.78. The van der Waals surface area contributed by atoms with Gasteiger partial charge < -0.3 is 14.2 Å². The zero-order valence-electron chi connectivity index (χ0n) is 17.0. The van der Waals surface area contributed by atoms with Crippen LogP contribution in [0.2, 0.25) is 5.02 Å². The molecule has 164 valence electrons. The molecule has 32 heavy (non-hydrogen) atoms. The monoisotopic (exact) mass is 470 g/mol. The Balaban J connectivity index is 1.51. The van der Waals surface area contributed by atoms with Crippen LogP contribution in [0.25, 0.3) is 22.2 Å². The maximum atomic E-state index is 14.1. The fourth-order valence-electron chi connectivity index (χ4n) is 3.96. The lowest BCUT2D eigenvalue weighted by Crippen LogP contribution is -2.36. The van der Waals surface area contributed by atoms with Crippen LogP contribution in [0.1, 0.15) is 5.56 Å². The molecule has 0 aliphatic carbocycles. The minimum Gasteiger partial charge on any atom is -0.378 e. The molecule has 0 saturated carbocycles. The van der Waals surface area contributed by atoms with Crippen LogP contribution in [0, 0.1) is 5.82 Å². The average Bonchev–Trinajstić information content (AvgIpc) is 3.14. The molecule has 6 nitrogen and oxygen atoms in total. The third-order valence-corrected chi connectivity index (χ3v) is 6.18. The summed E-state index contributed by atoms with van der Waals surface area (Å²) in [6.45, 7) is 3.08. The highest BCUT2D eigenvalue weighted by atomic mass is 35.5. The first-order valence-electron chi connectivity index (χ1n) is 10.2. The molecule has 1 saturated heterocycles. The number of rotatable bonds is 4. The van der Waals surface area contributed by atoms with Gasteiger partial charge in [0.05, 0.1) is 31.6 Å². The minimum atomic E-state index is -0.398. The van der Waals surface area contributed by atoms with Crippen LogP contribution in [0.3, 0.4) is 0 Å². The number of hydrogen-bond acceptors (Lipinski definition) is 5. The molecule has 0 amide bonds. The van der Waals surface area contributed by atoms with Gasteiger partial charge in [-0.1, -0.05) is 24.4 Å². The van der Waals surface area contributed by atoms with E-state index >= 15 is 0 Å². The average molecular weight is 471 g/mol. The quantitative estimate of drug-likeness (QED) is 0.453. The van der Waals surface area contributed by atoms with Gasteiger partial charge in [0, 0.05) is 53.1 Å². The second kappa shape index (κ2) is 8.61. The molecule has 1 aromatic carbocycles. The van der Waals surface area contributed by atoms with Crippen LogP contribution in [0.4, 0.5) is 10.1 Å². The zero-order valence-corrected chi connectivity index (χ0v) is 18.7. The van der Waals surface area contributed by atoms with E-state index in [0.29, 0.717) is 29.4 Å². The number of thiol groups is 1. The number of hydrogen-bond donors (Lipinski definition) is 1. The molecule has 0 bridgehead atoms. The largest absolute Gasteiger partial charge is 0.378 e. The standard InChI is InChI=1S/C23H20ClFN4O2S/c24-17-1-2-21(25)16(9-17)13-28-4-3-15(10-22(28)30)20-14-29(32)23-19(20)11-18(12-26-23)27-5-7-31-8-6-27/h1-4,9-12,14,32H,5-8,13H2. The summed E-state index contributed by atoms with van der Waals surface area (Å²) in [5.41, 5.74) is 3.45. The van der Waals surface area contributed by atoms with Gasteiger partial charge in [0.1, 0.15) is 5.82 Å². The Hall–Kier alpha value is -2.81. The summed E-state index contributed by atoms with van der Waals surface area (Å²) in [6.07, 6.45) is 5.35. The van der Waals surface area contributed by atoms with E-state index in [4.69, 9.17) is 16.3 Å². The maximum Gasteiger partial charge on any atom is 0.251 e. The molecule has 0 radical (unpaired) electrons. The third-order valence-electron chi connectivity index (χ3n) is 5.64. The Morgan fingerprint density at radius 1 is 1.16 bits per heavy atom. The topological polar surface area (TPSA) is 52.3 Å². The molecule has 1 aliphatic heterocycles. The Morgan fingerprint density at radius 3 is 2.75 bits per heavy atom. The Kier molecular flexibility index (Phi) is 5.67. The highest BCUT2D eigenvalue weighted by Crippen LogP contribution is 2.32. The molecule has 0 unspecified atom stereocenters. The molecule has 9 heteroatoms. The number of fused-ring (bicyclic) bond motifs is 1. The van der Waals surface area contributed by atoms with Crippen molar-refractivity contribution in [3.63, 3.8) is 0 Å². The van der Waals surface area contributed by atoms with Gasteiger partial charge in [-0.05, 0) is 35.9 Å². The second-order valence-electron chi connectivity index (χ2n) is 7.67. The lowest BCUT2D eigenvalue weighted by atomic mass is 10.1. The molecule has 4 heterocycles. The van der Waals surface area contributed by atoms with Crippen LogP contribution in [-0.4, -0.2) is 39.8 Å². The minimum absolute atomic E-state index is 0.0998. The van der Waals surface area contributed by atoms with Crippen molar-refractivity contribution in [3.8, 4) is 11.1 Å². The number of nitrogens with zero attached hydrogens (tertiary/aromatic N) is 4. The summed E-state index contributed by atoms with van der Waals surface area (Å²) in [6, 6.07) is 9.78. The molecule has 0 spiro atoms. The van der Waals surface area contributed by atoms with Gasteiger partial charge in [0.25, 0.3) is 5.56 Å². The molecular formula is C23H20ClFN4O2S. The van der Waals surface area contributed by atoms with E-state index in [1.807, 2.05) is 18.5 Å². The summed E-state index contributed by atoms with van der Waals surface area (Å²) in [5, 5.41) is 1.33. The first-order chi connectivity index (χ1) is 15.5. The number of morpholine rings is 1. The maximum absolute atomic E-state index is 14.1. The van der Waals surface area contributed by atoms with Gasteiger partial charge in [0.15, 0.2) is 5.65 Å². The normalized spacial score (nSPS) is 14.3. The second-order valence-corrected chi connectivity index (χ2v) is 8.54. The van der Waals surface area contributed by atoms with Crippen LogP contribution >= 0.6 is 24.4 Å². The summed E-state index contributed by atoms with van der Waals surface area (Å²) in [7, 11) is 0. The SMILES string of the molecule is O=c1cc(-c2cn(S)c3ncc(N4CCOCC4)cc23)ccn1Cc1cc(Cl)ccc1F. The lowest BCUT2D eigenvalue weighted by Gasteiger charge is -2.28. The highest BCUT2D eigenvalue weighted by Gasteiger charge is 2.16. The Morgan fingerprint density at radius 2 is 1.97 bits per heavy atom. The molecule has 1 fully saturated rings. The van der Waals surface area contributed by atoms with Crippen molar-refractivity contribution in [2.45, 2.75) is 6.54 Å². The Bertz CT molecular complexity index is 1360. The molecule has 3 aromatic heterocycles. The van der Waals surface area contributed by atoms with E-state index in [9.17, 15) is 9.18 Å². The number of aromatic nitrogens is 3. The van der Waals surface area contributed by atoms with Gasteiger partial charge in [-0.2, -0.15) is 0 Å². The summed E-state index contributed by atoms with van der Waals surface area (Å²) in [5.74, 6) is -0.398. The summed E-state index contributed by atoms with van der Waals surface area (Å²) < 4.78 is 22.6. The first kappa shape index (κ1) is 21.1. The van der Waals surface area contributed by atoms with Crippen molar-refractivity contribution in [2.24, 2.45) is 0 Å². The third kappa shape index (κ3) is 4.01. The predicted octanol–water partition coefficient (Wildman–Crippen LogP) is 4.24. The fraction of sp³-hybridized carbons (Fsp3) is 0.217. The van der Waals surface area contributed by atoms with Gasteiger partial charge in [0.2, 0.25) is 0 Å². The number of ether oxygens (including phenoxy) is 1. The van der Waals surface area contributed by atoms with Crippen LogP contribution in [0.15, 0.2) is 59.8 Å². The summed E-state index contributed by atoms with van der Waals surface area (Å²) >= 11 is 10.5. The van der Waals surface area contributed by atoms with Crippen molar-refractivity contribution in [1.29, 1.82) is 0 Å². The van der Waals surface area contributed by atoms with Gasteiger partial charge in [-0.3, -0.25) is 8.77 Å². The zero-order chi connectivity index (χ0) is 22.2. The molecule has 0 atom stereocenters. The molecule has 0 N–H and O–H groups in total. The number of halogens is 2. The molecular weight excluding hydrogens is 451 g/mol. The van der Waals surface area contributed by atoms with Crippen molar-refractivity contribution in [2.75, 3.05) is 31.2 Å².